The Labute approximate surface area is 210 Å². The maximum atomic E-state index is 6.06. The van der Waals surface area contributed by atoms with Gasteiger partial charge in [-0.3, -0.25) is 5.43 Å². The molecule has 7 nitrogen and oxygen atoms in total. The van der Waals surface area contributed by atoms with E-state index in [9.17, 15) is 0 Å². The largest absolute Gasteiger partial charge is 0.494 e. The highest BCUT2D eigenvalue weighted by atomic mass is 27.1. The summed E-state index contributed by atoms with van der Waals surface area (Å²) in [4.78, 5) is 0. The molecular weight excluding hydrogens is 442 g/mol. The Morgan fingerprint density at radius 1 is 0.800 bits per heavy atom. The van der Waals surface area contributed by atoms with Crippen LogP contribution in [0.4, 0.5) is 0 Å². The Hall–Kier alpha value is -0.420. The van der Waals surface area contributed by atoms with Crippen molar-refractivity contribution in [1.29, 1.82) is 0 Å². The minimum atomic E-state index is -0.465. The van der Waals surface area contributed by atoms with Crippen LogP contribution in [0.5, 0.6) is 0 Å². The van der Waals surface area contributed by atoms with Gasteiger partial charge >= 0.3 is 66.5 Å². The molecule has 8 radical (unpaired) electrons. The van der Waals surface area contributed by atoms with Crippen molar-refractivity contribution in [2.45, 2.75) is 12.6 Å². The summed E-state index contributed by atoms with van der Waals surface area (Å²) in [6.45, 7) is 0.444. The van der Waals surface area contributed by atoms with Gasteiger partial charge in [0.2, 0.25) is 0 Å². The van der Waals surface area contributed by atoms with Crippen LogP contribution >= 0.6 is 0 Å². The van der Waals surface area contributed by atoms with E-state index in [1.165, 1.54) is 0 Å². The van der Waals surface area contributed by atoms with Crippen LogP contribution in [0, 0.1) is 5.92 Å². The summed E-state index contributed by atoms with van der Waals surface area (Å²) in [7, 11) is 0. The molecule has 0 saturated heterocycles. The van der Waals surface area contributed by atoms with Crippen LogP contribution in [0.3, 0.4) is 0 Å². The minimum Gasteiger partial charge on any atom is -0.494 e. The van der Waals surface area contributed by atoms with Gasteiger partial charge in [-0.15, -0.1) is 0 Å². The SMILES string of the molecule is NCC1C=C(c2ccc(C([O][Al])[O][Al])cc2)NN=C1c1ccc(C([O][Al])[O][Al])cc1. The predicted molar refractivity (Wildman–Crippen MR) is 116 cm³/mol. The molecule has 1 aliphatic heterocycles. The summed E-state index contributed by atoms with van der Waals surface area (Å²) in [6.07, 6.45) is 1.18. The molecule has 3 rings (SSSR count). The summed E-state index contributed by atoms with van der Waals surface area (Å²) in [6, 6.07) is 15.7. The van der Waals surface area contributed by atoms with Crippen LogP contribution in [0.25, 0.3) is 5.70 Å². The van der Waals surface area contributed by atoms with Gasteiger partial charge in [-0.2, -0.15) is 5.10 Å². The molecule has 0 aliphatic carbocycles. The van der Waals surface area contributed by atoms with Gasteiger partial charge in [-0.05, 0) is 17.2 Å². The number of benzene rings is 2. The summed E-state index contributed by atoms with van der Waals surface area (Å²) in [5.74, 6) is -0.0166. The van der Waals surface area contributed by atoms with Crippen LogP contribution in [-0.2, 0) is 15.2 Å². The van der Waals surface area contributed by atoms with Crippen molar-refractivity contribution in [3.63, 3.8) is 0 Å². The Morgan fingerprint density at radius 2 is 1.27 bits per heavy atom. The molecule has 1 heterocycles. The fraction of sp³-hybridized carbons (Fsp3) is 0.211. The van der Waals surface area contributed by atoms with E-state index in [-0.39, 0.29) is 5.92 Å². The molecule has 1 unspecified atom stereocenters. The van der Waals surface area contributed by atoms with Crippen molar-refractivity contribution in [3.05, 3.63) is 76.9 Å². The van der Waals surface area contributed by atoms with Gasteiger partial charge < -0.3 is 20.9 Å². The lowest BCUT2D eigenvalue weighted by atomic mass is 9.92. The second-order valence-electron chi connectivity index (χ2n) is 6.48. The van der Waals surface area contributed by atoms with E-state index in [1.807, 2.05) is 48.5 Å². The predicted octanol–water partition coefficient (Wildman–Crippen LogP) is 1.01. The molecule has 0 saturated carbocycles. The number of hydrogen-bond donors (Lipinski definition) is 2. The van der Waals surface area contributed by atoms with E-state index in [1.54, 1.807) is 0 Å². The van der Waals surface area contributed by atoms with Gasteiger partial charge in [0.25, 0.3) is 0 Å². The van der Waals surface area contributed by atoms with Gasteiger partial charge in [0.15, 0.2) is 0 Å². The van der Waals surface area contributed by atoms with Gasteiger partial charge in [-0.25, -0.2) is 0 Å². The van der Waals surface area contributed by atoms with Crippen molar-refractivity contribution in [2.24, 2.45) is 16.8 Å². The first-order chi connectivity index (χ1) is 14.6. The van der Waals surface area contributed by atoms with Crippen molar-refractivity contribution >= 4 is 77.9 Å². The highest BCUT2D eigenvalue weighted by Crippen LogP contribution is 2.25. The number of nitrogens with one attached hydrogen (secondary N) is 1. The highest BCUT2D eigenvalue weighted by molar-refractivity contribution is 6.05. The first-order valence-corrected chi connectivity index (χ1v) is 10.9. The summed E-state index contributed by atoms with van der Waals surface area (Å²) in [5, 5.41) is 4.61. The van der Waals surface area contributed by atoms with E-state index in [2.05, 4.69) is 83.1 Å². The van der Waals surface area contributed by atoms with Crippen LogP contribution in [-0.4, -0.2) is 78.8 Å². The third-order valence-corrected chi connectivity index (χ3v) is 5.73. The summed E-state index contributed by atoms with van der Waals surface area (Å²) >= 11 is 8.83. The van der Waals surface area contributed by atoms with Gasteiger partial charge in [0.05, 0.1) is 11.4 Å². The lowest BCUT2D eigenvalue weighted by Gasteiger charge is -2.23. The normalized spacial score (nSPS) is 16.3. The zero-order valence-electron chi connectivity index (χ0n) is 16.1. The average Bonchev–Trinajstić information content (AvgIpc) is 2.81. The van der Waals surface area contributed by atoms with E-state index < -0.39 is 12.6 Å². The first-order valence-electron chi connectivity index (χ1n) is 9.03. The van der Waals surface area contributed by atoms with E-state index in [4.69, 9.17) is 20.9 Å². The molecular formula is C19H17Al4N3O4. The zero-order valence-corrected chi connectivity index (χ0v) is 20.7. The van der Waals surface area contributed by atoms with Gasteiger partial charge in [-0.1, -0.05) is 48.5 Å². The summed E-state index contributed by atoms with van der Waals surface area (Å²) in [5.41, 5.74) is 14.8. The second-order valence-corrected chi connectivity index (χ2v) is 7.57. The Kier molecular flexibility index (Phi) is 9.68. The molecule has 11 heteroatoms. The summed E-state index contributed by atoms with van der Waals surface area (Å²) < 4.78 is 20.8. The first kappa shape index (κ1) is 24.2. The molecule has 1 aliphatic rings. The number of nitrogens with two attached hydrogens (primary N) is 1. The van der Waals surface area contributed by atoms with Crippen molar-refractivity contribution in [3.8, 4) is 0 Å². The van der Waals surface area contributed by atoms with Crippen LogP contribution in [0.1, 0.15) is 34.8 Å². The molecule has 0 amide bonds. The van der Waals surface area contributed by atoms with Crippen LogP contribution < -0.4 is 11.2 Å². The lowest BCUT2D eigenvalue weighted by molar-refractivity contribution is 0.0178. The second kappa shape index (κ2) is 12.0. The average molecular weight is 459 g/mol. The molecule has 0 bridgehead atoms. The zero-order chi connectivity index (χ0) is 21.5. The fourth-order valence-corrected chi connectivity index (χ4v) is 4.29. The maximum Gasteiger partial charge on any atom is 0.373 e. The number of rotatable bonds is 9. The smallest absolute Gasteiger partial charge is 0.373 e. The third kappa shape index (κ3) is 5.68. The molecule has 144 valence electrons. The number of hydrogen-bond acceptors (Lipinski definition) is 7. The van der Waals surface area contributed by atoms with Crippen LogP contribution in [0.15, 0.2) is 59.7 Å². The Morgan fingerprint density at radius 3 is 1.70 bits per heavy atom. The quantitative estimate of drug-likeness (QED) is 0.430. The van der Waals surface area contributed by atoms with Crippen molar-refractivity contribution in [1.82, 2.24) is 5.43 Å². The molecule has 30 heavy (non-hydrogen) atoms. The molecule has 1 atom stereocenters. The highest BCUT2D eigenvalue weighted by Gasteiger charge is 2.21. The van der Waals surface area contributed by atoms with Gasteiger partial charge in [0, 0.05) is 23.6 Å². The number of nitrogens with zero attached hydrogens (tertiary/aromatic N) is 1. The van der Waals surface area contributed by atoms with E-state index >= 15 is 0 Å². The molecule has 2 aromatic carbocycles. The third-order valence-electron chi connectivity index (χ3n) is 4.74. The molecule has 0 spiro atoms. The molecule has 0 fully saturated rings. The van der Waals surface area contributed by atoms with Crippen LogP contribution in [0.2, 0.25) is 0 Å². The maximum absolute atomic E-state index is 6.06. The monoisotopic (exact) mass is 459 g/mol. The molecule has 0 aromatic heterocycles. The van der Waals surface area contributed by atoms with E-state index in [0.29, 0.717) is 6.54 Å². The van der Waals surface area contributed by atoms with Crippen molar-refractivity contribution in [2.75, 3.05) is 6.54 Å². The standard InChI is InChI=1S/C19H17N3O4.4Al/c20-10-15-9-16(11-1-5-13(6-2-11)18(23)24)21-22-17(15)12-3-7-14(8-4-12)19(25)26;;;;/h1-9,15,18-19,21H,10,20H2;;;;/q-4;4*+1. The molecule has 3 N–H and O–H groups in total. The topological polar surface area (TPSA) is 87.3 Å². The van der Waals surface area contributed by atoms with Gasteiger partial charge in [0.1, 0.15) is 12.6 Å². The minimum absolute atomic E-state index is 0.0166. The fourth-order valence-electron chi connectivity index (χ4n) is 3.15. The Balaban J connectivity index is 1.78. The van der Waals surface area contributed by atoms with Crippen molar-refractivity contribution < 1.29 is 15.2 Å². The van der Waals surface area contributed by atoms with E-state index in [0.717, 1.165) is 33.7 Å². The Bertz CT molecular complexity index is 886. The lowest BCUT2D eigenvalue weighted by Crippen LogP contribution is -2.29. The number of hydrazone groups is 1. The molecule has 2 aromatic rings.